The Morgan fingerprint density at radius 2 is 1.94 bits per heavy atom. The van der Waals surface area contributed by atoms with E-state index in [0.29, 0.717) is 12.5 Å². The zero-order valence-corrected chi connectivity index (χ0v) is 18.0. The first-order valence-corrected chi connectivity index (χ1v) is 10.4. The summed E-state index contributed by atoms with van der Waals surface area (Å²) in [6, 6.07) is 17.9. The molecule has 0 spiro atoms. The first-order chi connectivity index (χ1) is 15.0. The van der Waals surface area contributed by atoms with Crippen molar-refractivity contribution in [1.82, 2.24) is 19.9 Å². The Balaban J connectivity index is 1.34. The molecule has 0 aliphatic rings. The van der Waals surface area contributed by atoms with Crippen LogP contribution < -0.4 is 10.1 Å². The largest absolute Gasteiger partial charge is 0.483 e. The van der Waals surface area contributed by atoms with E-state index in [1.165, 1.54) is 0 Å². The maximum atomic E-state index is 12.3. The Morgan fingerprint density at radius 3 is 2.71 bits per heavy atom. The molecule has 0 saturated heterocycles. The van der Waals surface area contributed by atoms with Crippen molar-refractivity contribution < 1.29 is 9.53 Å². The van der Waals surface area contributed by atoms with Gasteiger partial charge in [-0.3, -0.25) is 9.36 Å². The molecule has 158 valence electrons. The molecule has 0 bridgehead atoms. The molecule has 2 aromatic heterocycles. The number of benzene rings is 2. The van der Waals surface area contributed by atoms with Crippen LogP contribution in [0.15, 0.2) is 67.1 Å². The predicted octanol–water partition coefficient (Wildman–Crippen LogP) is 4.55. The van der Waals surface area contributed by atoms with Crippen LogP contribution >= 0.6 is 0 Å². The third kappa shape index (κ3) is 4.74. The normalized spacial score (nSPS) is 11.1. The van der Waals surface area contributed by atoms with Gasteiger partial charge in [-0.15, -0.1) is 0 Å². The first kappa shape index (κ1) is 20.6. The van der Waals surface area contributed by atoms with Crippen molar-refractivity contribution in [3.8, 4) is 11.6 Å². The van der Waals surface area contributed by atoms with E-state index in [9.17, 15) is 4.79 Å². The van der Waals surface area contributed by atoms with E-state index in [-0.39, 0.29) is 12.5 Å². The van der Waals surface area contributed by atoms with Crippen molar-refractivity contribution in [1.29, 1.82) is 0 Å². The van der Waals surface area contributed by atoms with Gasteiger partial charge in [-0.2, -0.15) is 0 Å². The predicted molar refractivity (Wildman–Crippen MR) is 121 cm³/mol. The highest BCUT2D eigenvalue weighted by atomic mass is 16.5. The van der Waals surface area contributed by atoms with Crippen LogP contribution in [0.2, 0.25) is 0 Å². The Hall–Kier alpha value is -3.67. The summed E-state index contributed by atoms with van der Waals surface area (Å²) in [6.07, 6.45) is 3.53. The maximum Gasteiger partial charge on any atom is 0.258 e. The van der Waals surface area contributed by atoms with E-state index in [2.05, 4.69) is 41.3 Å². The molecular weight excluding hydrogens is 388 g/mol. The molecule has 2 aromatic carbocycles. The minimum Gasteiger partial charge on any atom is -0.483 e. The highest BCUT2D eigenvalue weighted by Gasteiger charge is 2.11. The van der Waals surface area contributed by atoms with Gasteiger partial charge in [0.15, 0.2) is 6.61 Å². The van der Waals surface area contributed by atoms with E-state index in [4.69, 9.17) is 4.74 Å². The minimum atomic E-state index is -0.166. The molecule has 4 rings (SSSR count). The Bertz CT molecular complexity index is 1200. The number of nitrogens with zero attached hydrogens (tertiary/aromatic N) is 3. The van der Waals surface area contributed by atoms with Crippen molar-refractivity contribution >= 4 is 16.9 Å². The number of aryl methyl sites for hydroxylation is 1. The zero-order chi connectivity index (χ0) is 21.8. The third-order valence-corrected chi connectivity index (χ3v) is 5.15. The van der Waals surface area contributed by atoms with E-state index in [0.717, 1.165) is 39.3 Å². The van der Waals surface area contributed by atoms with E-state index in [1.54, 1.807) is 12.5 Å². The van der Waals surface area contributed by atoms with Gasteiger partial charge in [0.2, 0.25) is 0 Å². The molecule has 1 amide bonds. The minimum absolute atomic E-state index is 0.0181. The summed E-state index contributed by atoms with van der Waals surface area (Å²) in [5.41, 5.74) is 5.06. The Morgan fingerprint density at radius 1 is 1.10 bits per heavy atom. The van der Waals surface area contributed by atoms with Gasteiger partial charge in [-0.05, 0) is 53.8 Å². The summed E-state index contributed by atoms with van der Waals surface area (Å²) >= 11 is 0. The average Bonchev–Trinajstić information content (AvgIpc) is 3.20. The highest BCUT2D eigenvalue weighted by Crippen LogP contribution is 2.27. The number of para-hydroxylation sites is 2. The lowest BCUT2D eigenvalue weighted by Gasteiger charge is -2.15. The number of imidazole rings is 1. The summed E-state index contributed by atoms with van der Waals surface area (Å²) in [5.74, 6) is 1.72. The van der Waals surface area contributed by atoms with Crippen LogP contribution in [0.1, 0.15) is 36.5 Å². The van der Waals surface area contributed by atoms with Gasteiger partial charge in [-0.25, -0.2) is 9.97 Å². The molecule has 2 heterocycles. The number of amides is 1. The Labute approximate surface area is 181 Å². The van der Waals surface area contributed by atoms with Crippen molar-refractivity contribution in [2.24, 2.45) is 0 Å². The van der Waals surface area contributed by atoms with Crippen molar-refractivity contribution in [2.45, 2.75) is 33.2 Å². The van der Waals surface area contributed by atoms with E-state index < -0.39 is 0 Å². The van der Waals surface area contributed by atoms with Gasteiger partial charge in [0.1, 0.15) is 17.9 Å². The number of hydrogen-bond donors (Lipinski definition) is 1. The number of carbonyl (C=O) groups is 1. The Kier molecular flexibility index (Phi) is 5.98. The fraction of sp³-hybridized carbons (Fsp3) is 0.240. The van der Waals surface area contributed by atoms with Gasteiger partial charge >= 0.3 is 0 Å². The summed E-state index contributed by atoms with van der Waals surface area (Å²) in [6.45, 7) is 6.61. The standard InChI is InChI=1S/C25H26N4O2/c1-17(2)20-10-8-18(3)12-23(20)31-15-25(30)27-14-19-9-11-24(26-13-19)29-16-28-21-6-4-5-7-22(21)29/h4-13,16-17H,14-15H2,1-3H3,(H,27,30). The molecule has 0 fully saturated rings. The summed E-state index contributed by atoms with van der Waals surface area (Å²) < 4.78 is 7.74. The fourth-order valence-corrected chi connectivity index (χ4v) is 3.44. The van der Waals surface area contributed by atoms with Crippen molar-refractivity contribution in [3.63, 3.8) is 0 Å². The number of ether oxygens (including phenoxy) is 1. The molecule has 0 unspecified atom stereocenters. The van der Waals surface area contributed by atoms with Gasteiger partial charge < -0.3 is 10.1 Å². The maximum absolute atomic E-state index is 12.3. The first-order valence-electron chi connectivity index (χ1n) is 10.4. The van der Waals surface area contributed by atoms with Crippen LogP contribution in [0.4, 0.5) is 0 Å². The quantitative estimate of drug-likeness (QED) is 0.482. The highest BCUT2D eigenvalue weighted by molar-refractivity contribution is 5.78. The smallest absolute Gasteiger partial charge is 0.258 e. The number of hydrogen-bond acceptors (Lipinski definition) is 4. The molecule has 0 aliphatic carbocycles. The molecule has 0 saturated carbocycles. The lowest BCUT2D eigenvalue weighted by Crippen LogP contribution is -2.28. The van der Waals surface area contributed by atoms with Crippen LogP contribution in [0.5, 0.6) is 5.75 Å². The SMILES string of the molecule is Cc1ccc(C(C)C)c(OCC(=O)NCc2ccc(-n3cnc4ccccc43)nc2)c1. The number of fused-ring (bicyclic) bond motifs is 1. The molecule has 0 radical (unpaired) electrons. The monoisotopic (exact) mass is 414 g/mol. The molecule has 1 N–H and O–H groups in total. The van der Waals surface area contributed by atoms with Crippen molar-refractivity contribution in [2.75, 3.05) is 6.61 Å². The van der Waals surface area contributed by atoms with Gasteiger partial charge in [-0.1, -0.05) is 44.2 Å². The molecule has 4 aromatic rings. The van der Waals surface area contributed by atoms with Crippen molar-refractivity contribution in [3.05, 3.63) is 83.8 Å². The molecule has 0 aliphatic heterocycles. The molecular formula is C25H26N4O2. The number of pyridine rings is 1. The molecule has 0 atom stereocenters. The number of carbonyl (C=O) groups excluding carboxylic acids is 1. The molecule has 6 nitrogen and oxygen atoms in total. The van der Waals surface area contributed by atoms with Crippen LogP contribution in [-0.4, -0.2) is 27.0 Å². The van der Waals surface area contributed by atoms with Crippen LogP contribution in [-0.2, 0) is 11.3 Å². The van der Waals surface area contributed by atoms with Crippen LogP contribution in [0.25, 0.3) is 16.9 Å². The molecule has 6 heteroatoms. The molecule has 31 heavy (non-hydrogen) atoms. The van der Waals surface area contributed by atoms with Crippen LogP contribution in [0, 0.1) is 6.92 Å². The average molecular weight is 415 g/mol. The number of aromatic nitrogens is 3. The van der Waals surface area contributed by atoms with Gasteiger partial charge in [0.25, 0.3) is 5.91 Å². The summed E-state index contributed by atoms with van der Waals surface area (Å²) in [4.78, 5) is 21.2. The lowest BCUT2D eigenvalue weighted by atomic mass is 10.0. The van der Waals surface area contributed by atoms with Gasteiger partial charge in [0, 0.05) is 12.7 Å². The van der Waals surface area contributed by atoms with Gasteiger partial charge in [0.05, 0.1) is 11.0 Å². The lowest BCUT2D eigenvalue weighted by molar-refractivity contribution is -0.123. The van der Waals surface area contributed by atoms with E-state index in [1.807, 2.05) is 54.0 Å². The second-order valence-corrected chi connectivity index (χ2v) is 7.89. The van der Waals surface area contributed by atoms with Crippen LogP contribution in [0.3, 0.4) is 0 Å². The fourth-order valence-electron chi connectivity index (χ4n) is 3.44. The van der Waals surface area contributed by atoms with E-state index >= 15 is 0 Å². The second-order valence-electron chi connectivity index (χ2n) is 7.89. The number of rotatable bonds is 7. The second kappa shape index (κ2) is 9.00. The zero-order valence-electron chi connectivity index (χ0n) is 18.0. The third-order valence-electron chi connectivity index (χ3n) is 5.15. The summed E-state index contributed by atoms with van der Waals surface area (Å²) in [7, 11) is 0. The topological polar surface area (TPSA) is 69.0 Å². The summed E-state index contributed by atoms with van der Waals surface area (Å²) in [5, 5.41) is 2.89. The number of nitrogens with one attached hydrogen (secondary N) is 1.